The number of hydrogen-bond donors (Lipinski definition) is 0. The molecule has 0 spiro atoms. The topological polar surface area (TPSA) is 17.1 Å². The van der Waals surface area contributed by atoms with Gasteiger partial charge in [-0.05, 0) is 38.7 Å². The fourth-order valence-electron chi connectivity index (χ4n) is 2.52. The summed E-state index contributed by atoms with van der Waals surface area (Å²) in [5.41, 5.74) is 1.53. The maximum absolute atomic E-state index is 11.0. The van der Waals surface area contributed by atoms with Crippen molar-refractivity contribution in [2.75, 3.05) is 0 Å². The van der Waals surface area contributed by atoms with Crippen LogP contribution in [0.15, 0.2) is 23.8 Å². The van der Waals surface area contributed by atoms with E-state index in [2.05, 4.69) is 19.9 Å². The van der Waals surface area contributed by atoms with Crippen LogP contribution in [0.25, 0.3) is 0 Å². The number of hydrogen-bond acceptors (Lipinski definition) is 1. The smallest absolute Gasteiger partial charge is 0.152 e. The molecular weight excluding hydrogens is 256 g/mol. The van der Waals surface area contributed by atoms with E-state index in [1.807, 2.05) is 6.08 Å². The summed E-state index contributed by atoms with van der Waals surface area (Å²) in [7, 11) is 0. The third kappa shape index (κ3) is 15.4. The Balaban J connectivity index is 4.05. The van der Waals surface area contributed by atoms with Crippen molar-refractivity contribution in [1.82, 2.24) is 0 Å². The first-order chi connectivity index (χ1) is 10.2. The molecule has 0 radical (unpaired) electrons. The lowest BCUT2D eigenvalue weighted by Gasteiger charge is -2.07. The highest BCUT2D eigenvalue weighted by Crippen LogP contribution is 2.18. The predicted octanol–water partition coefficient (Wildman–Crippen LogP) is 6.78. The van der Waals surface area contributed by atoms with Crippen molar-refractivity contribution in [3.8, 4) is 0 Å². The molecule has 0 aromatic rings. The number of carbonyl (C=O) groups is 1. The Kier molecular flexibility index (Phi) is 14.9. The molecule has 1 nitrogen and oxygen atoms in total. The van der Waals surface area contributed by atoms with Crippen LogP contribution in [0.2, 0.25) is 0 Å². The highest BCUT2D eigenvalue weighted by molar-refractivity contribution is 5.87. The second-order valence-electron chi connectivity index (χ2n) is 6.12. The summed E-state index contributed by atoms with van der Waals surface area (Å²) in [6.45, 7) is 6.13. The summed E-state index contributed by atoms with van der Waals surface area (Å²) in [4.78, 5) is 11.0. The fourth-order valence-corrected chi connectivity index (χ4v) is 2.52. The molecule has 0 saturated carbocycles. The third-order valence-corrected chi connectivity index (χ3v) is 3.87. The molecule has 0 aliphatic carbocycles. The Morgan fingerprint density at radius 1 is 0.762 bits per heavy atom. The largest absolute Gasteiger partial charge is 0.295 e. The van der Waals surface area contributed by atoms with Gasteiger partial charge in [0.15, 0.2) is 5.78 Å². The molecule has 0 N–H and O–H groups in total. The van der Waals surface area contributed by atoms with E-state index in [0.29, 0.717) is 0 Å². The molecule has 122 valence electrons. The van der Waals surface area contributed by atoms with E-state index >= 15 is 0 Å². The zero-order valence-electron chi connectivity index (χ0n) is 14.6. The van der Waals surface area contributed by atoms with E-state index in [1.165, 1.54) is 82.6 Å². The van der Waals surface area contributed by atoms with Crippen molar-refractivity contribution in [2.45, 2.75) is 97.8 Å². The molecular formula is C20H36O. The second kappa shape index (κ2) is 15.5. The molecule has 0 fully saturated rings. The monoisotopic (exact) mass is 292 g/mol. The highest BCUT2D eigenvalue weighted by atomic mass is 16.1. The van der Waals surface area contributed by atoms with Gasteiger partial charge in [0.2, 0.25) is 0 Å². The van der Waals surface area contributed by atoms with E-state index < -0.39 is 0 Å². The minimum absolute atomic E-state index is 0.136. The minimum Gasteiger partial charge on any atom is -0.295 e. The van der Waals surface area contributed by atoms with Crippen LogP contribution in [-0.4, -0.2) is 5.78 Å². The van der Waals surface area contributed by atoms with Crippen molar-refractivity contribution in [1.29, 1.82) is 0 Å². The van der Waals surface area contributed by atoms with Crippen molar-refractivity contribution < 1.29 is 4.79 Å². The molecule has 0 aromatic heterocycles. The first-order valence-electron chi connectivity index (χ1n) is 9.07. The predicted molar refractivity (Wildman–Crippen MR) is 94.7 cm³/mol. The van der Waals surface area contributed by atoms with Crippen LogP contribution < -0.4 is 0 Å². The van der Waals surface area contributed by atoms with Crippen molar-refractivity contribution >= 4 is 5.78 Å². The van der Waals surface area contributed by atoms with Crippen LogP contribution in [0, 0.1) is 0 Å². The van der Waals surface area contributed by atoms with Gasteiger partial charge in [-0.1, -0.05) is 82.9 Å². The zero-order chi connectivity index (χ0) is 15.8. The van der Waals surface area contributed by atoms with Gasteiger partial charge in [-0.2, -0.15) is 0 Å². The van der Waals surface area contributed by atoms with Gasteiger partial charge in [-0.25, -0.2) is 0 Å². The maximum Gasteiger partial charge on any atom is 0.152 e. The van der Waals surface area contributed by atoms with Crippen LogP contribution in [0.5, 0.6) is 0 Å². The maximum atomic E-state index is 11.0. The number of unbranched alkanes of at least 4 members (excludes halogenated alkanes) is 8. The van der Waals surface area contributed by atoms with E-state index in [9.17, 15) is 4.79 Å². The Labute approximate surface area is 132 Å². The highest BCUT2D eigenvalue weighted by Gasteiger charge is 1.98. The van der Waals surface area contributed by atoms with Crippen molar-refractivity contribution in [2.24, 2.45) is 0 Å². The SMILES string of the molecule is CCCCCCCC(=C/C=C/C(C)=O)CCCCCCC. The van der Waals surface area contributed by atoms with Crippen LogP contribution in [0.3, 0.4) is 0 Å². The second-order valence-corrected chi connectivity index (χ2v) is 6.12. The van der Waals surface area contributed by atoms with E-state index in [1.54, 1.807) is 13.0 Å². The Morgan fingerprint density at radius 2 is 1.24 bits per heavy atom. The molecule has 0 unspecified atom stereocenters. The van der Waals surface area contributed by atoms with Crippen molar-refractivity contribution in [3.05, 3.63) is 23.8 Å². The van der Waals surface area contributed by atoms with E-state index in [0.717, 1.165) is 0 Å². The Morgan fingerprint density at radius 3 is 1.67 bits per heavy atom. The lowest BCUT2D eigenvalue weighted by Crippen LogP contribution is -1.88. The molecule has 0 aliphatic heterocycles. The van der Waals surface area contributed by atoms with Crippen LogP contribution in [0.1, 0.15) is 97.8 Å². The Bertz CT molecular complexity index is 283. The van der Waals surface area contributed by atoms with E-state index in [-0.39, 0.29) is 5.78 Å². The van der Waals surface area contributed by atoms with Gasteiger partial charge in [-0.3, -0.25) is 4.79 Å². The number of carbonyl (C=O) groups excluding carboxylic acids is 1. The van der Waals surface area contributed by atoms with Gasteiger partial charge in [-0.15, -0.1) is 0 Å². The van der Waals surface area contributed by atoms with Gasteiger partial charge < -0.3 is 0 Å². The quantitative estimate of drug-likeness (QED) is 0.196. The molecule has 0 aromatic carbocycles. The Hall–Kier alpha value is -0.850. The van der Waals surface area contributed by atoms with Crippen LogP contribution >= 0.6 is 0 Å². The fraction of sp³-hybridized carbons (Fsp3) is 0.750. The van der Waals surface area contributed by atoms with Gasteiger partial charge in [0.25, 0.3) is 0 Å². The number of ketones is 1. The van der Waals surface area contributed by atoms with Gasteiger partial charge in [0, 0.05) is 0 Å². The normalized spacial score (nSPS) is 11.0. The third-order valence-electron chi connectivity index (χ3n) is 3.87. The standard InChI is InChI=1S/C20H36O/c1-4-6-8-10-12-16-20(18-14-15-19(3)21)17-13-11-9-7-5-2/h14-15,18H,4-13,16-17H2,1-3H3/b15-14+. The zero-order valence-corrected chi connectivity index (χ0v) is 14.6. The first-order valence-corrected chi connectivity index (χ1v) is 9.07. The number of rotatable bonds is 14. The molecule has 0 rings (SSSR count). The molecule has 0 atom stereocenters. The summed E-state index contributed by atoms with van der Waals surface area (Å²) in [5, 5.41) is 0. The number of allylic oxidation sites excluding steroid dienone is 4. The molecule has 0 saturated heterocycles. The average molecular weight is 293 g/mol. The van der Waals surface area contributed by atoms with Crippen molar-refractivity contribution in [3.63, 3.8) is 0 Å². The molecule has 0 heterocycles. The molecule has 0 amide bonds. The first kappa shape index (κ1) is 20.1. The summed E-state index contributed by atoms with van der Waals surface area (Å²) in [6.07, 6.45) is 21.6. The van der Waals surface area contributed by atoms with Gasteiger partial charge in [0.1, 0.15) is 0 Å². The average Bonchev–Trinajstić information content (AvgIpc) is 2.45. The van der Waals surface area contributed by atoms with Crippen LogP contribution in [-0.2, 0) is 4.79 Å². The summed E-state index contributed by atoms with van der Waals surface area (Å²) >= 11 is 0. The molecule has 1 heteroatoms. The van der Waals surface area contributed by atoms with Crippen LogP contribution in [0.4, 0.5) is 0 Å². The molecule has 21 heavy (non-hydrogen) atoms. The lowest BCUT2D eigenvalue weighted by atomic mass is 9.99. The minimum atomic E-state index is 0.136. The summed E-state index contributed by atoms with van der Waals surface area (Å²) in [5.74, 6) is 0.136. The molecule has 0 aliphatic rings. The molecule has 0 bridgehead atoms. The van der Waals surface area contributed by atoms with Gasteiger partial charge >= 0.3 is 0 Å². The summed E-state index contributed by atoms with van der Waals surface area (Å²) < 4.78 is 0. The van der Waals surface area contributed by atoms with E-state index in [4.69, 9.17) is 0 Å². The lowest BCUT2D eigenvalue weighted by molar-refractivity contribution is -0.112. The summed E-state index contributed by atoms with van der Waals surface area (Å²) in [6, 6.07) is 0. The van der Waals surface area contributed by atoms with Gasteiger partial charge in [0.05, 0.1) is 0 Å².